The van der Waals surface area contributed by atoms with Gasteiger partial charge in [-0.2, -0.15) is 0 Å². The topological polar surface area (TPSA) is 63.7 Å². The van der Waals surface area contributed by atoms with Gasteiger partial charge in [0.15, 0.2) is 0 Å². The van der Waals surface area contributed by atoms with Crippen LogP contribution in [0.15, 0.2) is 54.1 Å². The summed E-state index contributed by atoms with van der Waals surface area (Å²) >= 11 is 3.41. The maximum Gasteiger partial charge on any atom is 0.337 e. The lowest BCUT2D eigenvalue weighted by Crippen LogP contribution is -2.32. The molecule has 0 spiro atoms. The van der Waals surface area contributed by atoms with Crippen molar-refractivity contribution in [3.05, 3.63) is 76.4 Å². The Bertz CT molecular complexity index is 867. The lowest BCUT2D eigenvalue weighted by atomic mass is 10.1. The lowest BCUT2D eigenvalue weighted by Gasteiger charge is -2.15. The van der Waals surface area contributed by atoms with Crippen LogP contribution in [0.4, 0.5) is 0 Å². The zero-order valence-electron chi connectivity index (χ0n) is 14.1. The smallest absolute Gasteiger partial charge is 0.337 e. The molecular weight excluding hydrogens is 398 g/mol. The van der Waals surface area contributed by atoms with Crippen molar-refractivity contribution in [3.63, 3.8) is 0 Å². The number of methoxy groups -OCH3 is 1. The number of imide groups is 1. The van der Waals surface area contributed by atoms with E-state index in [-0.39, 0.29) is 18.4 Å². The van der Waals surface area contributed by atoms with Gasteiger partial charge in [-0.3, -0.25) is 14.5 Å². The van der Waals surface area contributed by atoms with Crippen LogP contribution >= 0.6 is 15.9 Å². The van der Waals surface area contributed by atoms with E-state index < -0.39 is 5.97 Å². The number of halogens is 1. The Hall–Kier alpha value is -2.73. The van der Waals surface area contributed by atoms with Crippen LogP contribution in [0.5, 0.6) is 0 Å². The first-order valence-corrected chi connectivity index (χ1v) is 9.06. The van der Waals surface area contributed by atoms with Crippen LogP contribution in [0.3, 0.4) is 0 Å². The molecule has 0 radical (unpaired) electrons. The van der Waals surface area contributed by atoms with Crippen LogP contribution in [0, 0.1) is 0 Å². The zero-order chi connectivity index (χ0) is 18.7. The Balaban J connectivity index is 1.80. The van der Waals surface area contributed by atoms with E-state index >= 15 is 0 Å². The molecule has 3 rings (SSSR count). The maximum absolute atomic E-state index is 12.5. The summed E-state index contributed by atoms with van der Waals surface area (Å²) in [5, 5.41) is 0.513. The van der Waals surface area contributed by atoms with Crippen molar-refractivity contribution in [3.8, 4) is 0 Å². The van der Waals surface area contributed by atoms with E-state index in [0.29, 0.717) is 22.0 Å². The van der Waals surface area contributed by atoms with Gasteiger partial charge in [-0.1, -0.05) is 46.3 Å². The van der Waals surface area contributed by atoms with Crippen LogP contribution < -0.4 is 0 Å². The first kappa shape index (κ1) is 18.1. The number of ether oxygens (including phenoxy) is 1. The molecule has 1 aliphatic heterocycles. The number of fused-ring (bicyclic) bond motifs is 1. The Morgan fingerprint density at radius 2 is 1.62 bits per heavy atom. The minimum absolute atomic E-state index is 0.205. The highest BCUT2D eigenvalue weighted by atomic mass is 79.9. The summed E-state index contributed by atoms with van der Waals surface area (Å²) in [6, 6.07) is 13.7. The summed E-state index contributed by atoms with van der Waals surface area (Å²) in [5.74, 6) is -0.954. The second-order valence-corrected chi connectivity index (χ2v) is 6.35. The van der Waals surface area contributed by atoms with Gasteiger partial charge < -0.3 is 4.74 Å². The molecule has 0 fully saturated rings. The van der Waals surface area contributed by atoms with E-state index in [1.54, 1.807) is 48.5 Å². The number of nitrogens with zero attached hydrogens (tertiary/aromatic N) is 1. The SMILES string of the molecule is COC(=O)c1ccc(C=C(CBr)CN2C(=O)c3ccccc3C2=O)cc1. The van der Waals surface area contributed by atoms with Gasteiger partial charge >= 0.3 is 5.97 Å². The molecule has 0 atom stereocenters. The molecule has 6 heteroatoms. The maximum atomic E-state index is 12.5. The van der Waals surface area contributed by atoms with Crippen molar-refractivity contribution in [2.24, 2.45) is 0 Å². The van der Waals surface area contributed by atoms with Crippen molar-refractivity contribution in [1.82, 2.24) is 4.90 Å². The Morgan fingerprint density at radius 3 is 2.12 bits per heavy atom. The van der Waals surface area contributed by atoms with Gasteiger partial charge in [-0.25, -0.2) is 4.79 Å². The van der Waals surface area contributed by atoms with E-state index in [9.17, 15) is 14.4 Å². The molecule has 0 saturated carbocycles. The molecule has 0 aromatic heterocycles. The van der Waals surface area contributed by atoms with Crippen LogP contribution in [0.1, 0.15) is 36.6 Å². The quantitative estimate of drug-likeness (QED) is 0.427. The van der Waals surface area contributed by atoms with Crippen LogP contribution in [0.25, 0.3) is 6.08 Å². The van der Waals surface area contributed by atoms with Gasteiger partial charge in [0.05, 0.1) is 30.3 Å². The van der Waals surface area contributed by atoms with E-state index in [4.69, 9.17) is 0 Å². The van der Waals surface area contributed by atoms with Crippen LogP contribution in [-0.2, 0) is 4.74 Å². The molecular formula is C20H16BrNO4. The number of rotatable bonds is 5. The Kier molecular flexibility index (Phi) is 5.32. The molecule has 5 nitrogen and oxygen atoms in total. The molecule has 132 valence electrons. The average molecular weight is 414 g/mol. The molecule has 0 N–H and O–H groups in total. The second kappa shape index (κ2) is 7.66. The number of benzene rings is 2. The highest BCUT2D eigenvalue weighted by Gasteiger charge is 2.35. The lowest BCUT2D eigenvalue weighted by molar-refractivity contribution is 0.0598. The number of alkyl halides is 1. The number of esters is 1. The highest BCUT2D eigenvalue weighted by molar-refractivity contribution is 9.09. The van der Waals surface area contributed by atoms with E-state index in [1.165, 1.54) is 12.0 Å². The molecule has 2 aromatic carbocycles. The van der Waals surface area contributed by atoms with Gasteiger partial charge in [0, 0.05) is 5.33 Å². The predicted octanol–water partition coefficient (Wildman–Crippen LogP) is 3.55. The minimum Gasteiger partial charge on any atom is -0.465 e. The highest BCUT2D eigenvalue weighted by Crippen LogP contribution is 2.24. The molecule has 0 aliphatic carbocycles. The van der Waals surface area contributed by atoms with Gasteiger partial charge in [0.25, 0.3) is 11.8 Å². The average Bonchev–Trinajstić information content (AvgIpc) is 2.92. The largest absolute Gasteiger partial charge is 0.465 e. The number of amides is 2. The van der Waals surface area contributed by atoms with Gasteiger partial charge in [0.2, 0.25) is 0 Å². The molecule has 2 amide bonds. The number of hydrogen-bond donors (Lipinski definition) is 0. The normalized spacial score (nSPS) is 13.8. The van der Waals surface area contributed by atoms with Gasteiger partial charge in [-0.15, -0.1) is 0 Å². The predicted molar refractivity (Wildman–Crippen MR) is 101 cm³/mol. The second-order valence-electron chi connectivity index (χ2n) is 5.79. The fourth-order valence-corrected chi connectivity index (χ4v) is 3.12. The molecule has 0 saturated heterocycles. The van der Waals surface area contributed by atoms with Gasteiger partial charge in [-0.05, 0) is 35.4 Å². The van der Waals surface area contributed by atoms with Crippen molar-refractivity contribution >= 4 is 39.8 Å². The number of carbonyl (C=O) groups is 3. The third-order valence-electron chi connectivity index (χ3n) is 4.11. The van der Waals surface area contributed by atoms with Crippen molar-refractivity contribution in [2.45, 2.75) is 0 Å². The molecule has 0 unspecified atom stereocenters. The van der Waals surface area contributed by atoms with Crippen LogP contribution in [-0.4, -0.2) is 41.7 Å². The fraction of sp³-hybridized carbons (Fsp3) is 0.150. The number of carbonyl (C=O) groups excluding carboxylic acids is 3. The minimum atomic E-state index is -0.396. The molecule has 0 bridgehead atoms. The summed E-state index contributed by atoms with van der Waals surface area (Å²) in [6.07, 6.45) is 1.89. The Morgan fingerprint density at radius 1 is 1.04 bits per heavy atom. The molecule has 2 aromatic rings. The third-order valence-corrected chi connectivity index (χ3v) is 4.83. The number of hydrogen-bond acceptors (Lipinski definition) is 4. The van der Waals surface area contributed by atoms with E-state index in [2.05, 4.69) is 20.7 Å². The third kappa shape index (κ3) is 3.46. The van der Waals surface area contributed by atoms with E-state index in [0.717, 1.165) is 11.1 Å². The first-order chi connectivity index (χ1) is 12.5. The van der Waals surface area contributed by atoms with Crippen molar-refractivity contribution in [2.75, 3.05) is 19.0 Å². The summed E-state index contributed by atoms with van der Waals surface area (Å²) in [4.78, 5) is 37.7. The van der Waals surface area contributed by atoms with Crippen molar-refractivity contribution < 1.29 is 19.1 Å². The van der Waals surface area contributed by atoms with Crippen molar-refractivity contribution in [1.29, 1.82) is 0 Å². The Labute approximate surface area is 159 Å². The standard InChI is InChI=1S/C20H16BrNO4/c1-26-20(25)15-8-6-13(7-9-15)10-14(11-21)12-22-18(23)16-4-2-3-5-17(16)19(22)24/h2-10H,11-12H2,1H3. The molecule has 1 aliphatic rings. The molecule has 26 heavy (non-hydrogen) atoms. The summed E-state index contributed by atoms with van der Waals surface area (Å²) in [7, 11) is 1.33. The fourth-order valence-electron chi connectivity index (χ4n) is 2.78. The molecule has 1 heterocycles. The summed E-state index contributed by atoms with van der Waals surface area (Å²) in [5.41, 5.74) is 3.07. The van der Waals surface area contributed by atoms with Gasteiger partial charge in [0.1, 0.15) is 0 Å². The van der Waals surface area contributed by atoms with Crippen LogP contribution in [0.2, 0.25) is 0 Å². The van der Waals surface area contributed by atoms with E-state index in [1.807, 2.05) is 6.08 Å². The monoisotopic (exact) mass is 413 g/mol. The zero-order valence-corrected chi connectivity index (χ0v) is 15.7. The summed E-state index contributed by atoms with van der Waals surface area (Å²) in [6.45, 7) is 0.205. The summed E-state index contributed by atoms with van der Waals surface area (Å²) < 4.78 is 4.68. The first-order valence-electron chi connectivity index (χ1n) is 7.94.